The number of nitriles is 1. The molecule has 0 amide bonds. The fourth-order valence-electron chi connectivity index (χ4n) is 1.20. The van der Waals surface area contributed by atoms with Crippen molar-refractivity contribution in [2.45, 2.75) is 18.4 Å². The Kier molecular flexibility index (Phi) is 3.70. The number of nitrogens with zero attached hydrogens (tertiary/aromatic N) is 1. The summed E-state index contributed by atoms with van der Waals surface area (Å²) in [6.45, 7) is 0. The van der Waals surface area contributed by atoms with Gasteiger partial charge in [0.15, 0.2) is 6.10 Å². The van der Waals surface area contributed by atoms with E-state index in [1.165, 1.54) is 6.07 Å². The van der Waals surface area contributed by atoms with E-state index >= 15 is 0 Å². The number of aliphatic hydroxyl groups excluding tert-OH is 2. The lowest BCUT2D eigenvalue weighted by atomic mass is 10.0. The fraction of sp³-hybridized carbons (Fsp3) is 0.300. The van der Waals surface area contributed by atoms with E-state index in [1.54, 1.807) is 0 Å². The third-order valence-corrected chi connectivity index (χ3v) is 2.07. The summed E-state index contributed by atoms with van der Waals surface area (Å²) < 4.78 is 49.7. The van der Waals surface area contributed by atoms with E-state index in [-0.39, 0.29) is 5.56 Å². The first-order valence-electron chi connectivity index (χ1n) is 4.39. The van der Waals surface area contributed by atoms with Crippen LogP contribution in [0.1, 0.15) is 17.2 Å². The molecule has 0 aliphatic carbocycles. The maximum Gasteiger partial charge on any atom is 0.419 e. The molecule has 1 aromatic rings. The second-order valence-electron chi connectivity index (χ2n) is 3.26. The molecular weight excluding hydrogens is 242 g/mol. The molecule has 0 saturated carbocycles. The van der Waals surface area contributed by atoms with Crippen LogP contribution in [0.3, 0.4) is 0 Å². The van der Waals surface area contributed by atoms with Gasteiger partial charge in [0.05, 0.1) is 11.6 Å². The lowest BCUT2D eigenvalue weighted by Crippen LogP contribution is -2.17. The molecule has 0 aromatic heterocycles. The molecule has 0 fully saturated rings. The smallest absolute Gasteiger partial charge is 0.385 e. The molecule has 0 aliphatic rings. The van der Waals surface area contributed by atoms with Crippen molar-refractivity contribution in [3.63, 3.8) is 0 Å². The summed E-state index contributed by atoms with van der Waals surface area (Å²) in [5.74, 6) is -1.57. The highest BCUT2D eigenvalue weighted by Crippen LogP contribution is 2.32. The number of alkyl halides is 3. The first-order chi connectivity index (χ1) is 7.77. The Balaban J connectivity index is 3.10. The Morgan fingerprint density at radius 1 is 1.24 bits per heavy atom. The first-order valence-corrected chi connectivity index (χ1v) is 4.39. The van der Waals surface area contributed by atoms with E-state index in [0.29, 0.717) is 12.1 Å². The minimum atomic E-state index is -4.83. The summed E-state index contributed by atoms with van der Waals surface area (Å²) in [6, 6.07) is 2.97. The van der Waals surface area contributed by atoms with Gasteiger partial charge in [0.2, 0.25) is 0 Å². The van der Waals surface area contributed by atoms with Crippen LogP contribution < -0.4 is 0 Å². The van der Waals surface area contributed by atoms with Crippen LogP contribution in [0.2, 0.25) is 0 Å². The van der Waals surface area contributed by atoms with Crippen molar-refractivity contribution >= 4 is 0 Å². The Morgan fingerprint density at radius 2 is 1.82 bits per heavy atom. The molecule has 92 valence electrons. The van der Waals surface area contributed by atoms with Gasteiger partial charge >= 0.3 is 6.18 Å². The molecule has 0 bridgehead atoms. The summed E-state index contributed by atoms with van der Waals surface area (Å²) in [4.78, 5) is 0. The Bertz CT molecular complexity index is 453. The second kappa shape index (κ2) is 4.69. The van der Waals surface area contributed by atoms with Crippen LogP contribution in [-0.4, -0.2) is 16.3 Å². The van der Waals surface area contributed by atoms with Crippen molar-refractivity contribution in [2.75, 3.05) is 0 Å². The van der Waals surface area contributed by atoms with Gasteiger partial charge in [0, 0.05) is 0 Å². The largest absolute Gasteiger partial charge is 0.419 e. The lowest BCUT2D eigenvalue weighted by Gasteiger charge is -2.14. The monoisotopic (exact) mass is 249 g/mol. The van der Waals surface area contributed by atoms with Gasteiger partial charge in [0.25, 0.3) is 0 Å². The van der Waals surface area contributed by atoms with Crippen molar-refractivity contribution in [2.24, 2.45) is 0 Å². The Labute approximate surface area is 93.5 Å². The Hall–Kier alpha value is -1.65. The molecular formula is C10H7F4NO2. The molecule has 2 unspecified atom stereocenters. The van der Waals surface area contributed by atoms with Gasteiger partial charge in [-0.1, -0.05) is 6.07 Å². The lowest BCUT2D eigenvalue weighted by molar-refractivity contribution is -0.140. The highest BCUT2D eigenvalue weighted by atomic mass is 19.4. The Morgan fingerprint density at radius 3 is 2.24 bits per heavy atom. The normalized spacial score (nSPS) is 15.1. The van der Waals surface area contributed by atoms with Crippen molar-refractivity contribution in [3.8, 4) is 6.07 Å². The van der Waals surface area contributed by atoms with Crippen LogP contribution in [0, 0.1) is 17.1 Å². The number of rotatable bonds is 2. The zero-order valence-electron chi connectivity index (χ0n) is 8.24. The van der Waals surface area contributed by atoms with Crippen LogP contribution in [0.15, 0.2) is 18.2 Å². The number of hydrogen-bond donors (Lipinski definition) is 2. The average molecular weight is 249 g/mol. The van der Waals surface area contributed by atoms with Crippen molar-refractivity contribution in [1.82, 2.24) is 0 Å². The minimum Gasteiger partial charge on any atom is -0.385 e. The number of benzene rings is 1. The van der Waals surface area contributed by atoms with Gasteiger partial charge in [-0.25, -0.2) is 4.39 Å². The standard InChI is InChI=1S/C10H7F4NO2/c11-7-3-5(9(17)8(16)4-15)1-2-6(7)10(12,13)14/h1-3,8-9,16-17H. The van der Waals surface area contributed by atoms with E-state index in [9.17, 15) is 22.7 Å². The van der Waals surface area contributed by atoms with E-state index in [2.05, 4.69) is 0 Å². The zero-order valence-corrected chi connectivity index (χ0v) is 8.24. The second-order valence-corrected chi connectivity index (χ2v) is 3.26. The van der Waals surface area contributed by atoms with E-state index in [1.807, 2.05) is 0 Å². The van der Waals surface area contributed by atoms with Crippen molar-refractivity contribution < 1.29 is 27.8 Å². The predicted octanol–water partition coefficient (Wildman–Crippen LogP) is 1.76. The van der Waals surface area contributed by atoms with Gasteiger partial charge in [-0.3, -0.25) is 0 Å². The minimum absolute atomic E-state index is 0.301. The number of halogens is 4. The van der Waals surface area contributed by atoms with Gasteiger partial charge in [-0.15, -0.1) is 0 Å². The summed E-state index contributed by atoms with van der Waals surface area (Å²) in [7, 11) is 0. The van der Waals surface area contributed by atoms with E-state index < -0.39 is 29.8 Å². The third kappa shape index (κ3) is 2.93. The number of aliphatic hydroxyl groups is 2. The topological polar surface area (TPSA) is 64.2 Å². The molecule has 3 nitrogen and oxygen atoms in total. The molecule has 1 rings (SSSR count). The third-order valence-electron chi connectivity index (χ3n) is 2.07. The molecule has 1 aromatic carbocycles. The SMILES string of the molecule is N#CC(O)C(O)c1ccc(C(F)(F)F)c(F)c1. The molecule has 7 heteroatoms. The maximum atomic E-state index is 13.1. The van der Waals surface area contributed by atoms with Crippen molar-refractivity contribution in [3.05, 3.63) is 35.1 Å². The highest BCUT2D eigenvalue weighted by Gasteiger charge is 2.34. The molecule has 0 radical (unpaired) electrons. The summed E-state index contributed by atoms with van der Waals surface area (Å²) in [5.41, 5.74) is -1.77. The molecule has 0 heterocycles. The molecule has 2 atom stereocenters. The highest BCUT2D eigenvalue weighted by molar-refractivity contribution is 5.29. The molecule has 2 N–H and O–H groups in total. The predicted molar refractivity (Wildman–Crippen MR) is 48.0 cm³/mol. The van der Waals surface area contributed by atoms with E-state index in [4.69, 9.17) is 10.4 Å². The van der Waals surface area contributed by atoms with Crippen LogP contribution in [0.25, 0.3) is 0 Å². The van der Waals surface area contributed by atoms with Gasteiger partial charge in [-0.05, 0) is 17.7 Å². The maximum absolute atomic E-state index is 13.1. The summed E-state index contributed by atoms with van der Waals surface area (Å²) in [5, 5.41) is 26.5. The quantitative estimate of drug-likeness (QED) is 0.620. The van der Waals surface area contributed by atoms with Crippen molar-refractivity contribution in [1.29, 1.82) is 5.26 Å². The molecule has 0 saturated heterocycles. The van der Waals surface area contributed by atoms with Gasteiger partial charge in [0.1, 0.15) is 11.9 Å². The van der Waals surface area contributed by atoms with Crippen LogP contribution in [-0.2, 0) is 6.18 Å². The summed E-state index contributed by atoms with van der Waals surface area (Å²) >= 11 is 0. The number of hydrogen-bond acceptors (Lipinski definition) is 3. The molecule has 17 heavy (non-hydrogen) atoms. The first kappa shape index (κ1) is 13.4. The van der Waals surface area contributed by atoms with Crippen LogP contribution >= 0.6 is 0 Å². The van der Waals surface area contributed by atoms with Gasteiger partial charge < -0.3 is 10.2 Å². The zero-order chi connectivity index (χ0) is 13.2. The van der Waals surface area contributed by atoms with E-state index in [0.717, 1.165) is 6.07 Å². The molecule has 0 aliphatic heterocycles. The van der Waals surface area contributed by atoms with Crippen LogP contribution in [0.5, 0.6) is 0 Å². The summed E-state index contributed by atoms with van der Waals surface area (Å²) in [6.07, 6.45) is -8.41. The van der Waals surface area contributed by atoms with Crippen LogP contribution in [0.4, 0.5) is 17.6 Å². The fourth-order valence-corrected chi connectivity index (χ4v) is 1.20. The molecule has 0 spiro atoms. The van der Waals surface area contributed by atoms with Gasteiger partial charge in [-0.2, -0.15) is 18.4 Å². The average Bonchev–Trinajstić information content (AvgIpc) is 2.25.